The van der Waals surface area contributed by atoms with Crippen LogP contribution in [0.2, 0.25) is 0 Å². The van der Waals surface area contributed by atoms with Gasteiger partial charge in [0.25, 0.3) is 0 Å². The fourth-order valence-corrected chi connectivity index (χ4v) is 12.4. The first-order chi connectivity index (χ1) is 39.0. The lowest BCUT2D eigenvalue weighted by molar-refractivity contribution is 0.617. The molecule has 0 atom stereocenters. The van der Waals surface area contributed by atoms with Crippen molar-refractivity contribution in [1.82, 2.24) is 9.97 Å². The standard InChI is InChI=1S/C74H54F2N4/c1-73(2)63-43-52(58-40-39-57(59-27-17-18-28-60(58)59)49-29-34-55(35-30-49)79(53-23-13-7-14-24-53)67-44-50(32-41-65(67)75)47-19-9-5-10-20-47)31-37-61(63)69-71(73)78-70-62-38-36-56(46-64(62)74(3,4)72(70)77-69)80(54-25-15-8-16-26-54)68-45-51(33-42-66(68)76)48-21-11-6-12-22-48/h5-46H,1-4H3. The molecule has 0 aliphatic heterocycles. The van der Waals surface area contributed by atoms with Gasteiger partial charge in [0.05, 0.1) is 34.2 Å². The first kappa shape index (κ1) is 48.6. The van der Waals surface area contributed by atoms with Crippen LogP contribution in [-0.2, 0) is 10.8 Å². The van der Waals surface area contributed by atoms with E-state index >= 15 is 8.78 Å². The Morgan fingerprint density at radius 1 is 0.300 bits per heavy atom. The molecule has 1 heterocycles. The molecule has 0 fully saturated rings. The van der Waals surface area contributed by atoms with E-state index in [-0.39, 0.29) is 11.6 Å². The molecule has 0 amide bonds. The maximum atomic E-state index is 16.2. The average Bonchev–Trinajstić information content (AvgIpc) is 3.96. The van der Waals surface area contributed by atoms with Crippen LogP contribution in [0.4, 0.5) is 42.9 Å². The summed E-state index contributed by atoms with van der Waals surface area (Å²) >= 11 is 0. The quantitative estimate of drug-likeness (QED) is 0.137. The van der Waals surface area contributed by atoms with Crippen LogP contribution in [0, 0.1) is 11.6 Å². The summed E-state index contributed by atoms with van der Waals surface area (Å²) in [6.45, 7) is 8.99. The molecule has 2 aliphatic rings. The highest BCUT2D eigenvalue weighted by Crippen LogP contribution is 2.55. The normalized spacial score (nSPS) is 13.3. The van der Waals surface area contributed by atoms with Crippen molar-refractivity contribution >= 4 is 44.9 Å². The van der Waals surface area contributed by atoms with Crippen LogP contribution in [0.25, 0.3) is 77.8 Å². The van der Waals surface area contributed by atoms with E-state index in [4.69, 9.17) is 9.97 Å². The smallest absolute Gasteiger partial charge is 0.147 e. The van der Waals surface area contributed by atoms with Gasteiger partial charge in [-0.25, -0.2) is 18.7 Å². The first-order valence-corrected chi connectivity index (χ1v) is 27.3. The molecule has 6 heteroatoms. The maximum Gasteiger partial charge on any atom is 0.147 e. The summed E-state index contributed by atoms with van der Waals surface area (Å²) in [5, 5.41) is 2.29. The zero-order valence-corrected chi connectivity index (χ0v) is 44.8. The molecular formula is C74H54F2N4. The zero-order valence-electron chi connectivity index (χ0n) is 44.8. The predicted octanol–water partition coefficient (Wildman–Crippen LogP) is 20.1. The molecule has 80 heavy (non-hydrogen) atoms. The minimum absolute atomic E-state index is 0.299. The molecule has 1 aromatic heterocycles. The molecule has 0 saturated carbocycles. The highest BCUT2D eigenvalue weighted by molar-refractivity contribution is 6.05. The number of hydrogen-bond acceptors (Lipinski definition) is 4. The fraction of sp³-hybridized carbons (Fsp3) is 0.0811. The largest absolute Gasteiger partial charge is 0.308 e. The molecule has 0 radical (unpaired) electrons. The molecule has 0 saturated heterocycles. The lowest BCUT2D eigenvalue weighted by Gasteiger charge is -2.28. The average molecular weight is 1040 g/mol. The lowest BCUT2D eigenvalue weighted by atomic mass is 9.83. The van der Waals surface area contributed by atoms with Gasteiger partial charge in [-0.15, -0.1) is 0 Å². The van der Waals surface area contributed by atoms with Crippen LogP contribution in [0.15, 0.2) is 255 Å². The lowest BCUT2D eigenvalue weighted by Crippen LogP contribution is -2.20. The van der Waals surface area contributed by atoms with E-state index in [1.165, 1.54) is 5.56 Å². The summed E-state index contributed by atoms with van der Waals surface area (Å²) in [5.74, 6) is -0.603. The summed E-state index contributed by atoms with van der Waals surface area (Å²) < 4.78 is 32.3. The molecule has 0 N–H and O–H groups in total. The number of fused-ring (bicyclic) bond motifs is 7. The van der Waals surface area contributed by atoms with Crippen molar-refractivity contribution in [2.24, 2.45) is 0 Å². The van der Waals surface area contributed by atoms with Crippen LogP contribution in [0.5, 0.6) is 0 Å². The second-order valence-electron chi connectivity index (χ2n) is 22.0. The Kier molecular flexibility index (Phi) is 11.5. The molecule has 0 spiro atoms. The Morgan fingerprint density at radius 3 is 1.16 bits per heavy atom. The zero-order chi connectivity index (χ0) is 54.3. The van der Waals surface area contributed by atoms with Crippen LogP contribution in [0.1, 0.15) is 50.2 Å². The van der Waals surface area contributed by atoms with E-state index in [2.05, 4.69) is 137 Å². The van der Waals surface area contributed by atoms with Gasteiger partial charge in [-0.1, -0.05) is 204 Å². The van der Waals surface area contributed by atoms with Gasteiger partial charge in [0.1, 0.15) is 11.6 Å². The number of para-hydroxylation sites is 2. The Bertz CT molecular complexity index is 4370. The van der Waals surface area contributed by atoms with Crippen LogP contribution >= 0.6 is 0 Å². The second-order valence-corrected chi connectivity index (χ2v) is 22.0. The van der Waals surface area contributed by atoms with Crippen molar-refractivity contribution in [3.63, 3.8) is 0 Å². The van der Waals surface area contributed by atoms with Crippen molar-refractivity contribution in [3.05, 3.63) is 289 Å². The Hall–Kier alpha value is -9.78. The van der Waals surface area contributed by atoms with Gasteiger partial charge in [-0.05, 0) is 145 Å². The number of benzene rings is 11. The highest BCUT2D eigenvalue weighted by Gasteiger charge is 2.45. The number of halogens is 2. The van der Waals surface area contributed by atoms with E-state index in [1.54, 1.807) is 12.1 Å². The Labute approximate surface area is 465 Å². The van der Waals surface area contributed by atoms with Crippen molar-refractivity contribution in [3.8, 4) is 67.0 Å². The van der Waals surface area contributed by atoms with E-state index in [1.807, 2.05) is 143 Å². The van der Waals surface area contributed by atoms with Crippen LogP contribution in [-0.4, -0.2) is 9.97 Å². The number of rotatable bonds is 10. The van der Waals surface area contributed by atoms with Gasteiger partial charge in [-0.2, -0.15) is 0 Å². The molecule has 14 rings (SSSR count). The van der Waals surface area contributed by atoms with Crippen molar-refractivity contribution in [2.45, 2.75) is 38.5 Å². The number of nitrogens with zero attached hydrogens (tertiary/aromatic N) is 4. The molecule has 12 aromatic rings. The maximum absolute atomic E-state index is 16.2. The second kappa shape index (κ2) is 19.0. The van der Waals surface area contributed by atoms with E-state index in [0.717, 1.165) is 117 Å². The van der Waals surface area contributed by atoms with Crippen LogP contribution < -0.4 is 9.80 Å². The van der Waals surface area contributed by atoms with E-state index < -0.39 is 10.8 Å². The van der Waals surface area contributed by atoms with Gasteiger partial charge in [0, 0.05) is 44.7 Å². The third-order valence-electron chi connectivity index (χ3n) is 16.5. The SMILES string of the molecule is CC1(C)c2cc(-c3ccc(-c4ccc(N(c5ccccc5)c5cc(-c6ccccc6)ccc5F)cc4)c4ccccc34)ccc2-c2nc3c(nc21)-c1ccc(N(c2ccccc2)c2cc(-c4ccccc4)ccc2F)cc1C3(C)C. The summed E-state index contributed by atoms with van der Waals surface area (Å²) in [4.78, 5) is 15.2. The molecule has 4 nitrogen and oxygen atoms in total. The number of anilines is 6. The van der Waals surface area contributed by atoms with Crippen molar-refractivity contribution < 1.29 is 8.78 Å². The Balaban J connectivity index is 0.794. The molecule has 0 bridgehead atoms. The molecular weight excluding hydrogens is 983 g/mol. The minimum Gasteiger partial charge on any atom is -0.308 e. The summed E-state index contributed by atoms with van der Waals surface area (Å²) in [7, 11) is 0. The third-order valence-corrected chi connectivity index (χ3v) is 16.5. The highest BCUT2D eigenvalue weighted by atomic mass is 19.1. The van der Waals surface area contributed by atoms with Gasteiger partial charge in [-0.3, -0.25) is 0 Å². The molecule has 11 aromatic carbocycles. The van der Waals surface area contributed by atoms with Crippen LogP contribution in [0.3, 0.4) is 0 Å². The number of aromatic nitrogens is 2. The van der Waals surface area contributed by atoms with Gasteiger partial charge < -0.3 is 9.80 Å². The van der Waals surface area contributed by atoms with Crippen molar-refractivity contribution in [2.75, 3.05) is 9.80 Å². The van der Waals surface area contributed by atoms with Gasteiger partial charge in [0.2, 0.25) is 0 Å². The van der Waals surface area contributed by atoms with E-state index in [9.17, 15) is 0 Å². The summed E-state index contributed by atoms with van der Waals surface area (Å²) in [5.41, 5.74) is 20.0. The van der Waals surface area contributed by atoms with E-state index in [0.29, 0.717) is 11.4 Å². The van der Waals surface area contributed by atoms with Gasteiger partial charge >= 0.3 is 0 Å². The monoisotopic (exact) mass is 1040 g/mol. The fourth-order valence-electron chi connectivity index (χ4n) is 12.4. The first-order valence-electron chi connectivity index (χ1n) is 27.3. The molecule has 384 valence electrons. The summed E-state index contributed by atoms with van der Waals surface area (Å²) in [6, 6.07) is 85.7. The topological polar surface area (TPSA) is 32.3 Å². The Morgan fingerprint density at radius 2 is 0.662 bits per heavy atom. The van der Waals surface area contributed by atoms with Crippen molar-refractivity contribution in [1.29, 1.82) is 0 Å². The predicted molar refractivity (Wildman–Crippen MR) is 326 cm³/mol. The third kappa shape index (κ3) is 8.01. The molecule has 0 unspecified atom stereocenters. The van der Waals surface area contributed by atoms with Gasteiger partial charge in [0.15, 0.2) is 0 Å². The summed E-state index contributed by atoms with van der Waals surface area (Å²) in [6.07, 6.45) is 0. The number of hydrogen-bond donors (Lipinski definition) is 0. The molecule has 2 aliphatic carbocycles. The minimum atomic E-state index is -0.503.